The van der Waals surface area contributed by atoms with Gasteiger partial charge in [0.1, 0.15) is 0 Å². The normalized spacial score (nSPS) is 8.29. The smallest absolute Gasteiger partial charge is 0.0449 e. The Morgan fingerprint density at radius 1 is 0.619 bits per heavy atom. The summed E-state index contributed by atoms with van der Waals surface area (Å²) in [6, 6.07) is 0. The maximum atomic E-state index is 3.37. The van der Waals surface area contributed by atoms with Crippen LogP contribution in [0.25, 0.3) is 0 Å². The summed E-state index contributed by atoms with van der Waals surface area (Å²) in [5.74, 6) is 0. The van der Waals surface area contributed by atoms with Gasteiger partial charge in [0, 0.05) is 0 Å². The Morgan fingerprint density at radius 2 is 0.762 bits per heavy atom. The summed E-state index contributed by atoms with van der Waals surface area (Å²) in [6.07, 6.45) is 1.12. The van der Waals surface area contributed by atoms with Gasteiger partial charge < -0.3 is 0 Å². The minimum Gasteiger partial charge on any atom is -0.116 e. The minimum atomic E-state index is -0.209. The molecule has 0 saturated heterocycles. The Balaban J connectivity index is -0.0000000510. The van der Waals surface area contributed by atoms with Crippen molar-refractivity contribution >= 4 is 45.0 Å². The van der Waals surface area contributed by atoms with E-state index in [1.807, 2.05) is 0 Å². The second-order valence-corrected chi connectivity index (χ2v) is 20.9. The molecule has 0 bridgehead atoms. The molecular weight excluding hydrogens is 568 g/mol. The van der Waals surface area contributed by atoms with Crippen LogP contribution < -0.4 is 0 Å². The molecule has 0 N–H and O–H groups in total. The molecule has 0 heterocycles. The molecule has 0 aromatic carbocycles. The van der Waals surface area contributed by atoms with Crippen molar-refractivity contribution in [3.8, 4) is 4.20 Å². The summed E-state index contributed by atoms with van der Waals surface area (Å²) in [6.45, 7) is 28.9. The Hall–Kier alpha value is 2.67. The Labute approximate surface area is 157 Å². The molecule has 0 radical (unpaired) electrons. The average Bonchev–Trinajstić information content (AvgIpc) is 2.14. The molecule has 0 rings (SSSR count). The third-order valence-corrected chi connectivity index (χ3v) is 3.50. The van der Waals surface area contributed by atoms with Crippen molar-refractivity contribution in [3.63, 3.8) is 0 Å². The van der Waals surface area contributed by atoms with Gasteiger partial charge in [0.2, 0.25) is 0 Å². The van der Waals surface area contributed by atoms with Gasteiger partial charge in [0.15, 0.2) is 0 Å². The van der Waals surface area contributed by atoms with Gasteiger partial charge in [-0.25, -0.2) is 0 Å². The van der Waals surface area contributed by atoms with Gasteiger partial charge in [-0.2, -0.15) is 0 Å². The molecule has 0 unspecified atom stereocenters. The fourth-order valence-corrected chi connectivity index (χ4v) is 2.32. The van der Waals surface area contributed by atoms with Crippen LogP contribution in [0.2, 0.25) is 0 Å². The van der Waals surface area contributed by atoms with Crippen LogP contribution in [-0.4, -0.2) is 80.0 Å². The fraction of sp³-hybridized carbons (Fsp3) is 0.933. The van der Waals surface area contributed by atoms with E-state index in [0.29, 0.717) is 31.7 Å². The van der Waals surface area contributed by atoms with E-state index in [-0.39, 0.29) is 15.8 Å². The number of hydrogen-bond donors (Lipinski definition) is 0. The van der Waals surface area contributed by atoms with E-state index in [1.54, 1.807) is 0 Å². The monoisotopic (exact) mass is 608 g/mol. The topological polar surface area (TPSA) is 0 Å². The molecule has 0 fully saturated rings. The molecule has 6 heteroatoms. The first-order valence-electron chi connectivity index (χ1n) is 6.79. The maximum absolute atomic E-state index is 3.37. The molecular formula is C15H41BrP4W. The molecule has 0 amide bonds. The molecule has 0 aliphatic carbocycles. The molecule has 134 valence electrons. The van der Waals surface area contributed by atoms with Gasteiger partial charge in [0.05, 0.1) is 0 Å². The van der Waals surface area contributed by atoms with Crippen LogP contribution in [0.1, 0.15) is 13.3 Å². The molecule has 0 aromatic rings. The first-order chi connectivity index (χ1) is 9.34. The Morgan fingerprint density at radius 3 is 0.762 bits per heavy atom. The van der Waals surface area contributed by atoms with Crippen LogP contribution in [0.3, 0.4) is 0 Å². The van der Waals surface area contributed by atoms with Gasteiger partial charge in [0.25, 0.3) is 0 Å². The van der Waals surface area contributed by atoms with Crippen molar-refractivity contribution in [2.75, 3.05) is 80.0 Å². The van der Waals surface area contributed by atoms with Crippen LogP contribution in [0, 0.1) is 4.20 Å². The van der Waals surface area contributed by atoms with Crippen molar-refractivity contribution < 1.29 is 15.8 Å². The summed E-state index contributed by atoms with van der Waals surface area (Å²) in [5, 5.41) is 0. The van der Waals surface area contributed by atoms with E-state index in [4.69, 9.17) is 0 Å². The standard InChI is InChI=1S/4C3H9P.C3H5.BrH.W/c4*1-4(2)3;1-3-2;;/h4*1-3H3;3H2,1H3;1H;/q;;;;;;+1/p-1. The summed E-state index contributed by atoms with van der Waals surface area (Å²) in [5.41, 5.74) is 0. The fourth-order valence-electron chi connectivity index (χ4n) is 0.0546. The van der Waals surface area contributed by atoms with E-state index in [2.05, 4.69) is 104 Å². The summed E-state index contributed by atoms with van der Waals surface area (Å²) >= 11 is 3.16. The minimum absolute atomic E-state index is 0.209. The molecule has 21 heavy (non-hydrogen) atoms. The van der Waals surface area contributed by atoms with E-state index in [0.717, 1.165) is 6.42 Å². The summed E-state index contributed by atoms with van der Waals surface area (Å²) in [7, 11) is 1.52. The van der Waals surface area contributed by atoms with E-state index in [9.17, 15) is 0 Å². The van der Waals surface area contributed by atoms with Gasteiger partial charge >= 0.3 is 46.7 Å². The average molecular weight is 609 g/mol. The summed E-state index contributed by atoms with van der Waals surface area (Å²) < 4.78 is 3.19. The van der Waals surface area contributed by atoms with E-state index >= 15 is 0 Å². The predicted molar refractivity (Wildman–Crippen MR) is 122 cm³/mol. The SMILES string of the molecule is CC[C]#[W][Br].CP(C)C.CP(C)C.CP(C)C.CP(C)C. The van der Waals surface area contributed by atoms with Crippen molar-refractivity contribution in [1.29, 1.82) is 0 Å². The molecule has 0 atom stereocenters. The van der Waals surface area contributed by atoms with Crippen LogP contribution in [0.5, 0.6) is 0 Å². The first-order valence-corrected chi connectivity index (χ1v) is 25.4. The molecule has 0 spiro atoms. The van der Waals surface area contributed by atoms with Crippen molar-refractivity contribution in [3.05, 3.63) is 0 Å². The van der Waals surface area contributed by atoms with E-state index < -0.39 is 0 Å². The Bertz CT molecular complexity index is 165. The van der Waals surface area contributed by atoms with Crippen LogP contribution in [0.15, 0.2) is 0 Å². The summed E-state index contributed by atoms with van der Waals surface area (Å²) in [4.78, 5) is 0. The maximum Gasteiger partial charge on any atom is -0.0449 e. The largest absolute Gasteiger partial charge is 0.116 e. The van der Waals surface area contributed by atoms with Gasteiger partial charge in [-0.3, -0.25) is 0 Å². The molecule has 0 nitrogen and oxygen atoms in total. The van der Waals surface area contributed by atoms with Gasteiger partial charge in [-0.05, 0) is 80.0 Å². The van der Waals surface area contributed by atoms with Crippen molar-refractivity contribution in [2.45, 2.75) is 13.3 Å². The molecule has 0 saturated carbocycles. The quantitative estimate of drug-likeness (QED) is 0.256. The van der Waals surface area contributed by atoms with Crippen molar-refractivity contribution in [2.24, 2.45) is 0 Å². The van der Waals surface area contributed by atoms with Gasteiger partial charge in [-0.1, -0.05) is 0 Å². The second-order valence-electron chi connectivity index (χ2n) is 5.94. The molecule has 0 aromatic heterocycles. The van der Waals surface area contributed by atoms with Crippen LogP contribution in [0.4, 0.5) is 0 Å². The molecule has 0 aliphatic rings. The zero-order valence-electron chi connectivity index (χ0n) is 16.8. The van der Waals surface area contributed by atoms with Crippen LogP contribution >= 0.6 is 45.0 Å². The zero-order chi connectivity index (χ0) is 18.4. The predicted octanol–water partition coefficient (Wildman–Crippen LogP) is 7.18. The van der Waals surface area contributed by atoms with Crippen LogP contribution in [-0.2, 0) is 15.8 Å². The Kier molecular flexibility index (Phi) is 56.7. The number of hydrogen-bond acceptors (Lipinski definition) is 0. The zero-order valence-corrected chi connectivity index (χ0v) is 24.9. The number of rotatable bonds is 0. The first kappa shape index (κ1) is 34.9. The third-order valence-electron chi connectivity index (χ3n) is 0.199. The van der Waals surface area contributed by atoms with Crippen molar-refractivity contribution in [1.82, 2.24) is 0 Å². The second kappa shape index (κ2) is 34.1. The number of halogens is 1. The van der Waals surface area contributed by atoms with E-state index in [1.165, 1.54) is 0 Å². The van der Waals surface area contributed by atoms with Gasteiger partial charge in [-0.15, -0.1) is 31.7 Å². The molecule has 0 aliphatic heterocycles. The third kappa shape index (κ3) is 444.